The number of rotatable bonds is 5. The molecule has 0 aliphatic carbocycles. The van der Waals surface area contributed by atoms with Gasteiger partial charge in [0.2, 0.25) is 11.8 Å². The van der Waals surface area contributed by atoms with Crippen LogP contribution in [0.1, 0.15) is 31.7 Å². The van der Waals surface area contributed by atoms with Crippen molar-refractivity contribution in [3.05, 3.63) is 35.9 Å². The normalized spacial score (nSPS) is 15.6. The molecule has 5 heteroatoms. The zero-order valence-corrected chi connectivity index (χ0v) is 13.2. The Morgan fingerprint density at radius 2 is 1.86 bits per heavy atom. The van der Waals surface area contributed by atoms with Crippen LogP contribution < -0.4 is 5.73 Å². The highest BCUT2D eigenvalue weighted by atomic mass is 16.2. The number of hydrogen-bond acceptors (Lipinski definition) is 3. The van der Waals surface area contributed by atoms with Crippen LogP contribution in [0.15, 0.2) is 30.3 Å². The van der Waals surface area contributed by atoms with Crippen molar-refractivity contribution in [3.8, 4) is 0 Å². The molecule has 2 rings (SSSR count). The highest BCUT2D eigenvalue weighted by Crippen LogP contribution is 2.11. The van der Waals surface area contributed by atoms with Gasteiger partial charge in [-0.1, -0.05) is 30.3 Å². The number of benzene rings is 1. The number of nitrogens with zero attached hydrogens (tertiary/aromatic N) is 2. The van der Waals surface area contributed by atoms with E-state index >= 15 is 0 Å². The minimum Gasteiger partial charge on any atom is -0.343 e. The van der Waals surface area contributed by atoms with Gasteiger partial charge in [-0.3, -0.25) is 9.59 Å². The van der Waals surface area contributed by atoms with E-state index in [1.807, 2.05) is 35.2 Å². The smallest absolute Gasteiger partial charge is 0.224 e. The fourth-order valence-corrected chi connectivity index (χ4v) is 2.69. The third-order valence-electron chi connectivity index (χ3n) is 4.15. The summed E-state index contributed by atoms with van der Waals surface area (Å²) in [5.41, 5.74) is 6.93. The molecule has 0 bridgehead atoms. The Kier molecular flexibility index (Phi) is 5.95. The molecule has 1 aromatic carbocycles. The second-order valence-corrected chi connectivity index (χ2v) is 5.89. The summed E-state index contributed by atoms with van der Waals surface area (Å²) in [6, 6.07) is 10.1. The summed E-state index contributed by atoms with van der Waals surface area (Å²) in [6.07, 6.45) is 2.11. The van der Waals surface area contributed by atoms with Gasteiger partial charge in [-0.05, 0) is 18.4 Å². The first kappa shape index (κ1) is 16.5. The van der Waals surface area contributed by atoms with Gasteiger partial charge in [-0.15, -0.1) is 0 Å². The van der Waals surface area contributed by atoms with Crippen LogP contribution in [0.2, 0.25) is 0 Å². The Balaban J connectivity index is 1.84. The maximum atomic E-state index is 12.2. The molecule has 1 aliphatic rings. The largest absolute Gasteiger partial charge is 0.343 e. The Hall–Kier alpha value is -1.88. The zero-order chi connectivity index (χ0) is 15.9. The standard InChI is InChI=1S/C17H25N3O2/c1-14(21)20(13-15-5-3-2-4-6-15)12-9-17(22)19-10-7-16(18)8-11-19/h2-6,16H,7-13,18H2,1H3. The quantitative estimate of drug-likeness (QED) is 0.893. The minimum atomic E-state index is -0.00248. The number of nitrogens with two attached hydrogens (primary N) is 1. The van der Waals surface area contributed by atoms with Crippen LogP contribution in [0.25, 0.3) is 0 Å². The van der Waals surface area contributed by atoms with E-state index in [0.29, 0.717) is 19.5 Å². The Morgan fingerprint density at radius 3 is 2.45 bits per heavy atom. The lowest BCUT2D eigenvalue weighted by Crippen LogP contribution is -2.44. The molecule has 0 atom stereocenters. The van der Waals surface area contributed by atoms with Crippen molar-refractivity contribution in [2.45, 2.75) is 38.8 Å². The van der Waals surface area contributed by atoms with Gasteiger partial charge in [0.15, 0.2) is 0 Å². The molecule has 1 saturated heterocycles. The third kappa shape index (κ3) is 4.84. The van der Waals surface area contributed by atoms with Gasteiger partial charge in [-0.25, -0.2) is 0 Å². The maximum Gasteiger partial charge on any atom is 0.224 e. The molecule has 0 unspecified atom stereocenters. The number of carbonyl (C=O) groups is 2. The van der Waals surface area contributed by atoms with Gasteiger partial charge in [-0.2, -0.15) is 0 Å². The van der Waals surface area contributed by atoms with Crippen LogP contribution in [-0.2, 0) is 16.1 Å². The molecule has 120 valence electrons. The first-order valence-corrected chi connectivity index (χ1v) is 7.89. The molecule has 2 amide bonds. The third-order valence-corrected chi connectivity index (χ3v) is 4.15. The van der Waals surface area contributed by atoms with Gasteiger partial charge in [0.1, 0.15) is 0 Å². The molecular weight excluding hydrogens is 278 g/mol. The maximum absolute atomic E-state index is 12.2. The van der Waals surface area contributed by atoms with E-state index < -0.39 is 0 Å². The summed E-state index contributed by atoms with van der Waals surface area (Å²) in [4.78, 5) is 27.6. The molecule has 1 aromatic rings. The lowest BCUT2D eigenvalue weighted by molar-refractivity contribution is -0.134. The Bertz CT molecular complexity index is 496. The van der Waals surface area contributed by atoms with E-state index in [4.69, 9.17) is 5.73 Å². The van der Waals surface area contributed by atoms with Crippen molar-refractivity contribution < 1.29 is 9.59 Å². The van der Waals surface area contributed by atoms with Gasteiger partial charge >= 0.3 is 0 Å². The number of hydrogen-bond donors (Lipinski definition) is 1. The Morgan fingerprint density at radius 1 is 1.23 bits per heavy atom. The predicted octanol–water partition coefficient (Wildman–Crippen LogP) is 1.37. The van der Waals surface area contributed by atoms with E-state index in [0.717, 1.165) is 31.5 Å². The van der Waals surface area contributed by atoms with Crippen molar-refractivity contribution in [3.63, 3.8) is 0 Å². The van der Waals surface area contributed by atoms with Crippen LogP contribution in [0.5, 0.6) is 0 Å². The van der Waals surface area contributed by atoms with E-state index in [2.05, 4.69) is 0 Å². The summed E-state index contributed by atoms with van der Waals surface area (Å²) in [6.45, 7) is 4.03. The van der Waals surface area contributed by atoms with Crippen molar-refractivity contribution >= 4 is 11.8 Å². The molecular formula is C17H25N3O2. The van der Waals surface area contributed by atoms with Crippen LogP contribution >= 0.6 is 0 Å². The lowest BCUT2D eigenvalue weighted by atomic mass is 10.1. The van der Waals surface area contributed by atoms with Crippen molar-refractivity contribution in [1.29, 1.82) is 0 Å². The lowest BCUT2D eigenvalue weighted by Gasteiger charge is -2.31. The minimum absolute atomic E-state index is 0.00248. The van der Waals surface area contributed by atoms with E-state index in [1.165, 1.54) is 0 Å². The fourth-order valence-electron chi connectivity index (χ4n) is 2.69. The fraction of sp³-hybridized carbons (Fsp3) is 0.529. The number of likely N-dealkylation sites (tertiary alicyclic amines) is 1. The van der Waals surface area contributed by atoms with Crippen LogP contribution in [-0.4, -0.2) is 47.3 Å². The molecule has 0 spiro atoms. The highest BCUT2D eigenvalue weighted by molar-refractivity contribution is 5.78. The molecule has 1 fully saturated rings. The summed E-state index contributed by atoms with van der Waals surface area (Å²) in [5, 5.41) is 0. The predicted molar refractivity (Wildman–Crippen MR) is 85.9 cm³/mol. The summed E-state index contributed by atoms with van der Waals surface area (Å²) < 4.78 is 0. The molecule has 0 aromatic heterocycles. The summed E-state index contributed by atoms with van der Waals surface area (Å²) in [5.74, 6) is 0.114. The zero-order valence-electron chi connectivity index (χ0n) is 13.2. The Labute approximate surface area is 132 Å². The molecule has 2 N–H and O–H groups in total. The van der Waals surface area contributed by atoms with E-state index in [9.17, 15) is 9.59 Å². The SMILES string of the molecule is CC(=O)N(CCC(=O)N1CCC(N)CC1)Cc1ccccc1. The van der Waals surface area contributed by atoms with Crippen molar-refractivity contribution in [2.24, 2.45) is 5.73 Å². The highest BCUT2D eigenvalue weighted by Gasteiger charge is 2.21. The second-order valence-electron chi connectivity index (χ2n) is 5.89. The van der Waals surface area contributed by atoms with Crippen molar-refractivity contribution in [2.75, 3.05) is 19.6 Å². The van der Waals surface area contributed by atoms with Gasteiger partial charge in [0.25, 0.3) is 0 Å². The molecule has 5 nitrogen and oxygen atoms in total. The topological polar surface area (TPSA) is 66.6 Å². The van der Waals surface area contributed by atoms with E-state index in [1.54, 1.807) is 11.8 Å². The molecule has 1 heterocycles. The monoisotopic (exact) mass is 303 g/mol. The number of carbonyl (C=O) groups excluding carboxylic acids is 2. The molecule has 1 aliphatic heterocycles. The van der Waals surface area contributed by atoms with Crippen molar-refractivity contribution in [1.82, 2.24) is 9.80 Å². The second kappa shape index (κ2) is 7.94. The van der Waals surface area contributed by atoms with Gasteiger partial charge < -0.3 is 15.5 Å². The molecule has 22 heavy (non-hydrogen) atoms. The van der Waals surface area contributed by atoms with Crippen LogP contribution in [0, 0.1) is 0 Å². The summed E-state index contributed by atoms with van der Waals surface area (Å²) in [7, 11) is 0. The first-order valence-electron chi connectivity index (χ1n) is 7.89. The van der Waals surface area contributed by atoms with Gasteiger partial charge in [0, 0.05) is 45.6 Å². The average molecular weight is 303 g/mol. The summed E-state index contributed by atoms with van der Waals surface area (Å²) >= 11 is 0. The van der Waals surface area contributed by atoms with Gasteiger partial charge in [0.05, 0.1) is 0 Å². The molecule has 0 radical (unpaired) electrons. The van der Waals surface area contributed by atoms with Crippen LogP contribution in [0.4, 0.5) is 0 Å². The molecule has 0 saturated carbocycles. The van der Waals surface area contributed by atoms with Crippen LogP contribution in [0.3, 0.4) is 0 Å². The average Bonchev–Trinajstić information content (AvgIpc) is 2.52. The number of piperidine rings is 1. The number of amides is 2. The first-order chi connectivity index (χ1) is 10.6. The van der Waals surface area contributed by atoms with E-state index in [-0.39, 0.29) is 17.9 Å².